The van der Waals surface area contributed by atoms with Crippen LogP contribution in [0.5, 0.6) is 0 Å². The Morgan fingerprint density at radius 3 is 2.52 bits per heavy atom. The Labute approximate surface area is 133 Å². The van der Waals surface area contributed by atoms with Crippen molar-refractivity contribution < 1.29 is 8.42 Å². The van der Waals surface area contributed by atoms with E-state index in [2.05, 4.69) is 19.2 Å². The summed E-state index contributed by atoms with van der Waals surface area (Å²) in [7, 11) is -3.36. The molecule has 1 aromatic rings. The second-order valence-corrected chi connectivity index (χ2v) is 8.72. The van der Waals surface area contributed by atoms with Gasteiger partial charge in [0.05, 0.1) is 0 Å². The summed E-state index contributed by atoms with van der Waals surface area (Å²) in [6.45, 7) is 12.8. The fraction of sp³-hybridized carbons (Fsp3) is 0.733. The molecule has 1 heterocycles. The van der Waals surface area contributed by atoms with Crippen molar-refractivity contribution in [2.45, 2.75) is 51.8 Å². The standard InChI is InChI=1S/C15H28N2O2S2/c1-6-12(4)11-17(8-3)21(18,19)15-9-13(5)14(20-15)10-16-7-2/h9,12,16H,6-8,10-11H2,1-5H3. The molecule has 0 amide bonds. The number of sulfonamides is 1. The second-order valence-electron chi connectivity index (χ2n) is 5.42. The van der Waals surface area contributed by atoms with E-state index < -0.39 is 10.0 Å². The molecule has 1 N–H and O–H groups in total. The third-order valence-corrected chi connectivity index (χ3v) is 7.32. The van der Waals surface area contributed by atoms with Crippen LogP contribution in [0.25, 0.3) is 0 Å². The molecule has 0 saturated carbocycles. The molecule has 1 rings (SSSR count). The highest BCUT2D eigenvalue weighted by Gasteiger charge is 2.26. The predicted molar refractivity (Wildman–Crippen MR) is 90.3 cm³/mol. The predicted octanol–water partition coefficient (Wildman–Crippen LogP) is 3.22. The van der Waals surface area contributed by atoms with Crippen LogP contribution >= 0.6 is 11.3 Å². The molecule has 0 fully saturated rings. The van der Waals surface area contributed by atoms with Crippen LogP contribution in [0.1, 0.15) is 44.6 Å². The maximum absolute atomic E-state index is 12.8. The summed E-state index contributed by atoms with van der Waals surface area (Å²) in [5, 5.41) is 3.26. The first-order valence-electron chi connectivity index (χ1n) is 7.66. The number of aryl methyl sites for hydroxylation is 1. The van der Waals surface area contributed by atoms with E-state index in [0.717, 1.165) is 30.0 Å². The number of nitrogens with zero attached hydrogens (tertiary/aromatic N) is 1. The number of thiophene rings is 1. The monoisotopic (exact) mass is 332 g/mol. The van der Waals surface area contributed by atoms with E-state index in [9.17, 15) is 8.42 Å². The van der Waals surface area contributed by atoms with E-state index in [4.69, 9.17) is 0 Å². The normalized spacial score (nSPS) is 13.8. The second kappa shape index (κ2) is 8.27. The Hall–Kier alpha value is -0.430. The van der Waals surface area contributed by atoms with Crippen molar-refractivity contribution in [3.05, 3.63) is 16.5 Å². The molecule has 1 aromatic heterocycles. The highest BCUT2D eigenvalue weighted by molar-refractivity contribution is 7.91. The number of hydrogen-bond acceptors (Lipinski definition) is 4. The molecule has 1 atom stereocenters. The van der Waals surface area contributed by atoms with Crippen molar-refractivity contribution in [2.75, 3.05) is 19.6 Å². The maximum atomic E-state index is 12.8. The van der Waals surface area contributed by atoms with Crippen LogP contribution in [0.4, 0.5) is 0 Å². The van der Waals surface area contributed by atoms with Gasteiger partial charge in [-0.3, -0.25) is 0 Å². The molecule has 0 spiro atoms. The van der Waals surface area contributed by atoms with Gasteiger partial charge in [-0.05, 0) is 31.0 Å². The lowest BCUT2D eigenvalue weighted by atomic mass is 10.1. The average Bonchev–Trinajstić information content (AvgIpc) is 2.83. The van der Waals surface area contributed by atoms with Crippen LogP contribution in [0.2, 0.25) is 0 Å². The lowest BCUT2D eigenvalue weighted by Gasteiger charge is -2.22. The van der Waals surface area contributed by atoms with Crippen molar-refractivity contribution in [2.24, 2.45) is 5.92 Å². The average molecular weight is 333 g/mol. The molecule has 122 valence electrons. The van der Waals surface area contributed by atoms with E-state index >= 15 is 0 Å². The summed E-state index contributed by atoms with van der Waals surface area (Å²) in [5.41, 5.74) is 1.05. The van der Waals surface area contributed by atoms with Crippen molar-refractivity contribution in [1.29, 1.82) is 0 Å². The van der Waals surface area contributed by atoms with Gasteiger partial charge in [-0.2, -0.15) is 4.31 Å². The zero-order valence-electron chi connectivity index (χ0n) is 13.8. The first-order valence-corrected chi connectivity index (χ1v) is 9.92. The summed E-state index contributed by atoms with van der Waals surface area (Å²) in [4.78, 5) is 1.11. The molecule has 0 aliphatic heterocycles. The van der Waals surface area contributed by atoms with Crippen molar-refractivity contribution in [3.8, 4) is 0 Å². The third kappa shape index (κ3) is 4.77. The maximum Gasteiger partial charge on any atom is 0.252 e. The van der Waals surface area contributed by atoms with Crippen LogP contribution in [-0.2, 0) is 16.6 Å². The first kappa shape index (κ1) is 18.6. The van der Waals surface area contributed by atoms with Crippen LogP contribution in [0.3, 0.4) is 0 Å². The molecule has 0 aliphatic carbocycles. The minimum Gasteiger partial charge on any atom is -0.312 e. The highest BCUT2D eigenvalue weighted by atomic mass is 32.2. The SMILES string of the molecule is CCNCc1sc(S(=O)(=O)N(CC)CC(C)CC)cc1C. The summed E-state index contributed by atoms with van der Waals surface area (Å²) >= 11 is 1.39. The van der Waals surface area contributed by atoms with Gasteiger partial charge < -0.3 is 5.32 Å². The van der Waals surface area contributed by atoms with Crippen molar-refractivity contribution >= 4 is 21.4 Å². The Morgan fingerprint density at radius 1 is 1.33 bits per heavy atom. The molecule has 0 aliphatic rings. The molecule has 0 aromatic carbocycles. The molecular formula is C15H28N2O2S2. The molecule has 6 heteroatoms. The van der Waals surface area contributed by atoms with E-state index in [1.54, 1.807) is 4.31 Å². The topological polar surface area (TPSA) is 49.4 Å². The van der Waals surface area contributed by atoms with Gasteiger partial charge in [-0.15, -0.1) is 11.3 Å². The van der Waals surface area contributed by atoms with Crippen LogP contribution in [0, 0.1) is 12.8 Å². The molecular weight excluding hydrogens is 304 g/mol. The molecule has 21 heavy (non-hydrogen) atoms. The summed E-state index contributed by atoms with van der Waals surface area (Å²) in [5.74, 6) is 0.377. The van der Waals surface area contributed by atoms with E-state index in [0.29, 0.717) is 23.2 Å². The van der Waals surface area contributed by atoms with Crippen LogP contribution < -0.4 is 5.32 Å². The van der Waals surface area contributed by atoms with Gasteiger partial charge in [-0.1, -0.05) is 34.1 Å². The van der Waals surface area contributed by atoms with Crippen LogP contribution in [0.15, 0.2) is 10.3 Å². The smallest absolute Gasteiger partial charge is 0.252 e. The van der Waals surface area contributed by atoms with E-state index in [-0.39, 0.29) is 0 Å². The molecule has 0 bridgehead atoms. The van der Waals surface area contributed by atoms with E-state index in [1.807, 2.05) is 26.8 Å². The molecule has 0 radical (unpaired) electrons. The van der Waals surface area contributed by atoms with E-state index in [1.165, 1.54) is 11.3 Å². The molecule has 4 nitrogen and oxygen atoms in total. The Bertz CT molecular complexity index is 538. The zero-order valence-corrected chi connectivity index (χ0v) is 15.4. The quantitative estimate of drug-likeness (QED) is 0.755. The number of nitrogens with one attached hydrogen (secondary N) is 1. The Kier molecular flexibility index (Phi) is 7.33. The van der Waals surface area contributed by atoms with Crippen molar-refractivity contribution in [3.63, 3.8) is 0 Å². The third-order valence-electron chi connectivity index (χ3n) is 3.69. The fourth-order valence-electron chi connectivity index (χ4n) is 2.03. The van der Waals surface area contributed by atoms with Crippen molar-refractivity contribution in [1.82, 2.24) is 9.62 Å². The summed E-state index contributed by atoms with van der Waals surface area (Å²) in [6, 6.07) is 1.81. The fourth-order valence-corrected chi connectivity index (χ4v) is 5.31. The van der Waals surface area contributed by atoms with Gasteiger partial charge in [-0.25, -0.2) is 8.42 Å². The van der Waals surface area contributed by atoms with Gasteiger partial charge in [0.2, 0.25) is 0 Å². The van der Waals surface area contributed by atoms with Gasteiger partial charge in [0.25, 0.3) is 10.0 Å². The minimum absolute atomic E-state index is 0.377. The first-order chi connectivity index (χ1) is 9.86. The highest BCUT2D eigenvalue weighted by Crippen LogP contribution is 2.29. The lowest BCUT2D eigenvalue weighted by Crippen LogP contribution is -2.34. The van der Waals surface area contributed by atoms with Gasteiger partial charge in [0, 0.05) is 24.5 Å². The van der Waals surface area contributed by atoms with Gasteiger partial charge in [0.1, 0.15) is 4.21 Å². The van der Waals surface area contributed by atoms with Gasteiger partial charge >= 0.3 is 0 Å². The molecule has 1 unspecified atom stereocenters. The molecule has 0 saturated heterocycles. The minimum atomic E-state index is -3.36. The number of hydrogen-bond donors (Lipinski definition) is 1. The van der Waals surface area contributed by atoms with Gasteiger partial charge in [0.15, 0.2) is 0 Å². The Morgan fingerprint density at radius 2 is 2.00 bits per heavy atom. The van der Waals surface area contributed by atoms with Crippen LogP contribution in [-0.4, -0.2) is 32.4 Å². The number of rotatable bonds is 9. The summed E-state index contributed by atoms with van der Waals surface area (Å²) < 4.78 is 27.6. The zero-order chi connectivity index (χ0) is 16.0. The summed E-state index contributed by atoms with van der Waals surface area (Å²) in [6.07, 6.45) is 0.987. The lowest BCUT2D eigenvalue weighted by molar-refractivity contribution is 0.362. The Balaban J connectivity index is 3.00. The largest absolute Gasteiger partial charge is 0.312 e.